The molecule has 6 nitrogen and oxygen atoms in total. The van der Waals surface area contributed by atoms with Crippen LogP contribution in [0.4, 0.5) is 0 Å². The highest BCUT2D eigenvalue weighted by atomic mass is 35.5. The Hall–Kier alpha value is -1.39. The summed E-state index contributed by atoms with van der Waals surface area (Å²) < 4.78 is 5.14. The molecule has 0 aliphatic carbocycles. The molecule has 0 spiro atoms. The van der Waals surface area contributed by atoms with Crippen molar-refractivity contribution in [3.05, 3.63) is 23.5 Å². The van der Waals surface area contributed by atoms with Crippen LogP contribution in [-0.4, -0.2) is 54.3 Å². The molecule has 3 heterocycles. The minimum Gasteiger partial charge on any atom is -0.495 e. The van der Waals surface area contributed by atoms with E-state index in [0.29, 0.717) is 29.6 Å². The van der Waals surface area contributed by atoms with E-state index in [-0.39, 0.29) is 12.4 Å². The fourth-order valence-corrected chi connectivity index (χ4v) is 2.92. The van der Waals surface area contributed by atoms with Gasteiger partial charge in [-0.3, -0.25) is 9.88 Å². The van der Waals surface area contributed by atoms with Crippen LogP contribution < -0.4 is 10.1 Å². The molecule has 0 saturated carbocycles. The summed E-state index contributed by atoms with van der Waals surface area (Å²) in [4.78, 5) is 6.42. The van der Waals surface area contributed by atoms with Gasteiger partial charge in [-0.15, -0.1) is 12.4 Å². The zero-order valence-corrected chi connectivity index (χ0v) is 12.6. The van der Waals surface area contributed by atoms with E-state index in [9.17, 15) is 5.11 Å². The largest absolute Gasteiger partial charge is 0.495 e. The Morgan fingerprint density at radius 2 is 2.43 bits per heavy atom. The quantitative estimate of drug-likeness (QED) is 0.833. The fraction of sp³-hybridized carbons (Fsp3) is 0.571. The molecule has 2 fully saturated rings. The Balaban J connectivity index is 0.00000161. The van der Waals surface area contributed by atoms with Gasteiger partial charge in [0, 0.05) is 50.4 Å². The molecule has 0 radical (unpaired) electrons. The lowest BCUT2D eigenvalue weighted by Gasteiger charge is -2.30. The van der Waals surface area contributed by atoms with Gasteiger partial charge in [-0.2, -0.15) is 5.26 Å². The third kappa shape index (κ3) is 3.11. The van der Waals surface area contributed by atoms with Gasteiger partial charge in [0.25, 0.3) is 0 Å². The van der Waals surface area contributed by atoms with E-state index in [4.69, 9.17) is 10.00 Å². The summed E-state index contributed by atoms with van der Waals surface area (Å²) in [5.74, 6) is 1.19. The third-order valence-electron chi connectivity index (χ3n) is 4.16. The molecule has 0 bridgehead atoms. The number of aliphatic hydroxyl groups is 1. The minimum absolute atomic E-state index is 0. The normalized spacial score (nSPS) is 25.2. The minimum atomic E-state index is -0.658. The van der Waals surface area contributed by atoms with Gasteiger partial charge in [0.1, 0.15) is 23.5 Å². The van der Waals surface area contributed by atoms with E-state index < -0.39 is 6.10 Å². The topological polar surface area (TPSA) is 81.4 Å². The van der Waals surface area contributed by atoms with Crippen molar-refractivity contribution in [1.82, 2.24) is 15.2 Å². The van der Waals surface area contributed by atoms with Crippen molar-refractivity contribution in [2.24, 2.45) is 5.92 Å². The molecular formula is C14H19ClN4O2. The van der Waals surface area contributed by atoms with Gasteiger partial charge in [0.15, 0.2) is 0 Å². The molecule has 0 aromatic carbocycles. The van der Waals surface area contributed by atoms with Crippen LogP contribution in [0, 0.1) is 17.2 Å². The number of rotatable bonds is 4. The number of hydrogen-bond acceptors (Lipinski definition) is 6. The van der Waals surface area contributed by atoms with Gasteiger partial charge in [-0.25, -0.2) is 0 Å². The van der Waals surface area contributed by atoms with E-state index in [1.165, 1.54) is 13.3 Å². The first-order chi connectivity index (χ1) is 9.71. The predicted molar refractivity (Wildman–Crippen MR) is 79.4 cm³/mol. The van der Waals surface area contributed by atoms with Crippen molar-refractivity contribution in [3.8, 4) is 11.8 Å². The second-order valence-corrected chi connectivity index (χ2v) is 5.43. The van der Waals surface area contributed by atoms with Crippen molar-refractivity contribution in [1.29, 1.82) is 5.26 Å². The van der Waals surface area contributed by atoms with Gasteiger partial charge in [-0.1, -0.05) is 0 Å². The number of ether oxygens (including phenoxy) is 1. The number of aliphatic hydroxyl groups excluding tert-OH is 1. The number of nitriles is 1. The molecule has 2 saturated heterocycles. The Bertz CT molecular complexity index is 536. The molecule has 0 amide bonds. The number of halogens is 1. The van der Waals surface area contributed by atoms with E-state index in [1.807, 2.05) is 6.07 Å². The lowest BCUT2D eigenvalue weighted by atomic mass is 9.96. The highest BCUT2D eigenvalue weighted by molar-refractivity contribution is 5.85. The molecule has 3 rings (SSSR count). The highest BCUT2D eigenvalue weighted by Crippen LogP contribution is 2.26. The molecule has 3 unspecified atom stereocenters. The summed E-state index contributed by atoms with van der Waals surface area (Å²) in [7, 11) is 1.51. The average molecular weight is 311 g/mol. The van der Waals surface area contributed by atoms with Crippen LogP contribution in [0.15, 0.2) is 12.3 Å². The molecule has 2 N–H and O–H groups in total. The van der Waals surface area contributed by atoms with Crippen molar-refractivity contribution in [2.75, 3.05) is 33.3 Å². The first-order valence-electron chi connectivity index (χ1n) is 6.79. The summed E-state index contributed by atoms with van der Waals surface area (Å²) in [5.41, 5.74) is 0.930. The Morgan fingerprint density at radius 1 is 1.62 bits per heavy atom. The number of aromatic nitrogens is 1. The second-order valence-electron chi connectivity index (χ2n) is 5.43. The highest BCUT2D eigenvalue weighted by Gasteiger charge is 2.39. The van der Waals surface area contributed by atoms with Gasteiger partial charge in [0.2, 0.25) is 0 Å². The van der Waals surface area contributed by atoms with Crippen molar-refractivity contribution >= 4 is 12.4 Å². The van der Waals surface area contributed by atoms with Gasteiger partial charge < -0.3 is 15.2 Å². The van der Waals surface area contributed by atoms with E-state index in [1.54, 1.807) is 6.07 Å². The van der Waals surface area contributed by atoms with Gasteiger partial charge in [-0.05, 0) is 0 Å². The molecule has 21 heavy (non-hydrogen) atoms. The fourth-order valence-electron chi connectivity index (χ4n) is 2.92. The third-order valence-corrected chi connectivity index (χ3v) is 4.16. The maximum atomic E-state index is 10.3. The van der Waals surface area contributed by atoms with Crippen molar-refractivity contribution in [3.63, 3.8) is 0 Å². The van der Waals surface area contributed by atoms with Crippen molar-refractivity contribution in [2.45, 2.75) is 12.1 Å². The van der Waals surface area contributed by atoms with Crippen molar-refractivity contribution < 1.29 is 9.84 Å². The number of hydrogen-bond donors (Lipinski definition) is 2. The maximum Gasteiger partial charge on any atom is 0.140 e. The zero-order chi connectivity index (χ0) is 14.1. The van der Waals surface area contributed by atoms with Crippen LogP contribution in [0.5, 0.6) is 5.75 Å². The Kier molecular flexibility index (Phi) is 5.01. The summed E-state index contributed by atoms with van der Waals surface area (Å²) in [6.07, 6.45) is 0.793. The van der Waals surface area contributed by atoms with Gasteiger partial charge in [0.05, 0.1) is 12.8 Å². The number of pyridine rings is 1. The Morgan fingerprint density at radius 3 is 2.95 bits per heavy atom. The molecule has 114 valence electrons. The number of methoxy groups -OCH3 is 1. The van der Waals surface area contributed by atoms with Crippen LogP contribution in [0.2, 0.25) is 0 Å². The molecular weight excluding hydrogens is 292 g/mol. The van der Waals surface area contributed by atoms with E-state index in [2.05, 4.69) is 15.2 Å². The van der Waals surface area contributed by atoms with Crippen LogP contribution in [0.25, 0.3) is 0 Å². The molecule has 3 atom stereocenters. The monoisotopic (exact) mass is 310 g/mol. The zero-order valence-electron chi connectivity index (χ0n) is 11.8. The molecule has 1 aromatic heterocycles. The maximum absolute atomic E-state index is 10.3. The number of fused-ring (bicyclic) bond motifs is 1. The SMILES string of the molecule is COc1cc(C(O)CN2CC3CNC3C2)ncc1C#N.Cl. The van der Waals surface area contributed by atoms with Crippen LogP contribution in [-0.2, 0) is 0 Å². The summed E-state index contributed by atoms with van der Waals surface area (Å²) in [5, 5.41) is 22.6. The molecule has 2 aliphatic rings. The number of likely N-dealkylation sites (tertiary alicyclic amines) is 1. The van der Waals surface area contributed by atoms with Crippen LogP contribution >= 0.6 is 12.4 Å². The van der Waals surface area contributed by atoms with E-state index >= 15 is 0 Å². The lowest BCUT2D eigenvalue weighted by molar-refractivity contribution is 0.121. The smallest absolute Gasteiger partial charge is 0.140 e. The first-order valence-corrected chi connectivity index (χ1v) is 6.79. The van der Waals surface area contributed by atoms with Crippen LogP contribution in [0.3, 0.4) is 0 Å². The number of nitrogens with zero attached hydrogens (tertiary/aromatic N) is 3. The summed E-state index contributed by atoms with van der Waals surface area (Å²) in [6, 6.07) is 4.25. The number of nitrogens with one attached hydrogen (secondary N) is 1. The predicted octanol–water partition coefficient (Wildman–Crippen LogP) is 0.321. The van der Waals surface area contributed by atoms with Gasteiger partial charge >= 0.3 is 0 Å². The average Bonchev–Trinajstić information content (AvgIpc) is 2.73. The molecule has 1 aromatic rings. The molecule has 7 heteroatoms. The van der Waals surface area contributed by atoms with E-state index in [0.717, 1.165) is 25.6 Å². The Labute approximate surface area is 130 Å². The number of β-amino-alcohol motifs (C(OH)–C–C–N with tert-alkyl or cyclic N) is 1. The lowest BCUT2D eigenvalue weighted by Crippen LogP contribution is -2.51. The summed E-state index contributed by atoms with van der Waals surface area (Å²) >= 11 is 0. The van der Waals surface area contributed by atoms with Crippen LogP contribution in [0.1, 0.15) is 17.4 Å². The first kappa shape index (κ1) is 16.0. The summed E-state index contributed by atoms with van der Waals surface area (Å²) in [6.45, 7) is 3.66. The second kappa shape index (κ2) is 6.58. The molecule has 2 aliphatic heterocycles. The standard InChI is InChI=1S/C14H18N4O2.ClH/c1-20-14-2-11(16-4-9(14)3-15)13(19)8-18-6-10-5-17-12(10)7-18;/h2,4,10,12-13,17,19H,5-8H2,1H3;1H.